The van der Waals surface area contributed by atoms with E-state index in [1.54, 1.807) is 26.0 Å². The monoisotopic (exact) mass is 447 g/mol. The van der Waals surface area contributed by atoms with Crippen molar-refractivity contribution in [3.8, 4) is 0 Å². The number of hydrogen-bond donors (Lipinski definition) is 1. The van der Waals surface area contributed by atoms with Gasteiger partial charge in [-0.25, -0.2) is 13.2 Å². The summed E-state index contributed by atoms with van der Waals surface area (Å²) >= 11 is 0. The van der Waals surface area contributed by atoms with E-state index >= 15 is 0 Å². The van der Waals surface area contributed by atoms with Gasteiger partial charge in [0.05, 0.1) is 10.5 Å². The summed E-state index contributed by atoms with van der Waals surface area (Å²) in [4.78, 5) is 26.8. The molecule has 0 radical (unpaired) electrons. The molecule has 168 valence electrons. The van der Waals surface area contributed by atoms with Crippen molar-refractivity contribution < 1.29 is 22.7 Å². The van der Waals surface area contributed by atoms with Crippen molar-refractivity contribution in [1.29, 1.82) is 0 Å². The largest absolute Gasteiger partial charge is 0.449 e. The highest BCUT2D eigenvalue weighted by Crippen LogP contribution is 2.19. The Morgan fingerprint density at radius 1 is 1.03 bits per heavy atom. The molecule has 0 aliphatic carbocycles. The number of esters is 1. The van der Waals surface area contributed by atoms with Crippen LogP contribution < -0.4 is 10.2 Å². The van der Waals surface area contributed by atoms with Crippen LogP contribution in [-0.2, 0) is 19.6 Å². The van der Waals surface area contributed by atoms with Gasteiger partial charge in [0.1, 0.15) is 0 Å². The molecule has 2 aromatic rings. The van der Waals surface area contributed by atoms with E-state index in [-0.39, 0.29) is 10.5 Å². The molecule has 31 heavy (non-hydrogen) atoms. The second-order valence-corrected chi connectivity index (χ2v) is 9.03. The van der Waals surface area contributed by atoms with Gasteiger partial charge < -0.3 is 15.0 Å². The van der Waals surface area contributed by atoms with Crippen molar-refractivity contribution in [3.63, 3.8) is 0 Å². The third-order valence-electron chi connectivity index (χ3n) is 4.72. The number of anilines is 2. The summed E-state index contributed by atoms with van der Waals surface area (Å²) in [7, 11) is 0.119. The average Bonchev–Trinajstić information content (AvgIpc) is 2.74. The summed E-state index contributed by atoms with van der Waals surface area (Å²) in [5, 5.41) is 2.69. The van der Waals surface area contributed by atoms with Crippen LogP contribution in [0.25, 0.3) is 0 Å². The minimum Gasteiger partial charge on any atom is -0.449 e. The molecule has 2 aromatic carbocycles. The van der Waals surface area contributed by atoms with Gasteiger partial charge in [-0.3, -0.25) is 4.79 Å². The molecule has 1 N–H and O–H groups in total. The van der Waals surface area contributed by atoms with Crippen LogP contribution in [0.1, 0.15) is 31.1 Å². The predicted molar refractivity (Wildman–Crippen MR) is 121 cm³/mol. The van der Waals surface area contributed by atoms with Gasteiger partial charge in [-0.2, -0.15) is 4.31 Å². The summed E-state index contributed by atoms with van der Waals surface area (Å²) in [6.07, 6.45) is -1.07. The maximum atomic E-state index is 12.7. The Labute approximate surface area is 183 Å². The van der Waals surface area contributed by atoms with E-state index < -0.39 is 28.0 Å². The second-order valence-electron chi connectivity index (χ2n) is 7.10. The third kappa shape index (κ3) is 6.05. The Kier molecular flexibility index (Phi) is 8.18. The van der Waals surface area contributed by atoms with Crippen molar-refractivity contribution in [1.82, 2.24) is 4.31 Å². The molecule has 1 amide bonds. The van der Waals surface area contributed by atoms with Crippen LogP contribution in [0.4, 0.5) is 11.4 Å². The maximum absolute atomic E-state index is 12.7. The molecule has 0 aliphatic heterocycles. The molecular weight excluding hydrogens is 418 g/mol. The molecule has 0 bridgehead atoms. The highest BCUT2D eigenvalue weighted by atomic mass is 32.2. The minimum absolute atomic E-state index is 0.00346. The predicted octanol–water partition coefficient (Wildman–Crippen LogP) is 2.97. The zero-order valence-corrected chi connectivity index (χ0v) is 19.3. The fraction of sp³-hybridized carbons (Fsp3) is 0.364. The van der Waals surface area contributed by atoms with Gasteiger partial charge in [-0.05, 0) is 49.4 Å². The lowest BCUT2D eigenvalue weighted by Crippen LogP contribution is -2.31. The van der Waals surface area contributed by atoms with Gasteiger partial charge in [0, 0.05) is 38.6 Å². The Bertz CT molecular complexity index is 1020. The first-order valence-corrected chi connectivity index (χ1v) is 11.4. The van der Waals surface area contributed by atoms with E-state index in [1.165, 1.54) is 35.5 Å². The molecule has 9 heteroatoms. The second kappa shape index (κ2) is 10.4. The first-order valence-electron chi connectivity index (χ1n) is 9.99. The molecule has 0 unspecified atom stereocenters. The molecule has 0 aliphatic rings. The van der Waals surface area contributed by atoms with Crippen LogP contribution in [0.2, 0.25) is 0 Å². The Hall–Kier alpha value is -2.91. The van der Waals surface area contributed by atoms with Gasteiger partial charge >= 0.3 is 5.97 Å². The van der Waals surface area contributed by atoms with Gasteiger partial charge in [-0.1, -0.05) is 19.9 Å². The number of carbonyl (C=O) groups excluding carboxylic acids is 2. The van der Waals surface area contributed by atoms with E-state index in [0.29, 0.717) is 18.8 Å². The molecule has 0 fully saturated rings. The van der Waals surface area contributed by atoms with Gasteiger partial charge in [-0.15, -0.1) is 0 Å². The van der Waals surface area contributed by atoms with Crippen molar-refractivity contribution in [2.75, 3.05) is 37.4 Å². The van der Waals surface area contributed by atoms with Crippen LogP contribution in [0.15, 0.2) is 53.4 Å². The van der Waals surface area contributed by atoms with Crippen LogP contribution in [-0.4, -0.2) is 57.9 Å². The number of hydrogen-bond acceptors (Lipinski definition) is 6. The van der Waals surface area contributed by atoms with Gasteiger partial charge in [0.15, 0.2) is 6.10 Å². The summed E-state index contributed by atoms with van der Waals surface area (Å²) in [5.41, 5.74) is 1.62. The third-order valence-corrected chi connectivity index (χ3v) is 6.76. The van der Waals surface area contributed by atoms with E-state index in [4.69, 9.17) is 4.74 Å². The standard InChI is InChI=1S/C22H29N3O5S/c1-6-25(7-2)31(28,29)20-10-8-9-17(15-20)22(27)30-16(3)21(26)23-18-11-13-19(14-12-18)24(4)5/h8-16H,6-7H2,1-5H3,(H,23,26)/t16-/m0/s1. The van der Waals surface area contributed by atoms with E-state index in [0.717, 1.165) is 5.69 Å². The number of amides is 1. The summed E-state index contributed by atoms with van der Waals surface area (Å²) in [6, 6.07) is 12.8. The lowest BCUT2D eigenvalue weighted by Gasteiger charge is -2.19. The average molecular weight is 448 g/mol. The molecule has 0 spiro atoms. The highest BCUT2D eigenvalue weighted by molar-refractivity contribution is 7.89. The molecule has 0 heterocycles. The van der Waals surface area contributed by atoms with Crippen molar-refractivity contribution in [2.24, 2.45) is 0 Å². The molecule has 0 aromatic heterocycles. The minimum atomic E-state index is -3.71. The van der Waals surface area contributed by atoms with E-state index in [1.807, 2.05) is 31.1 Å². The summed E-state index contributed by atoms with van der Waals surface area (Å²) in [5.74, 6) is -1.26. The number of nitrogens with one attached hydrogen (secondary N) is 1. The molecule has 2 rings (SSSR count). The first kappa shape index (κ1) is 24.4. The van der Waals surface area contributed by atoms with Crippen LogP contribution in [0, 0.1) is 0 Å². The number of ether oxygens (including phenoxy) is 1. The van der Waals surface area contributed by atoms with Crippen molar-refractivity contribution in [3.05, 3.63) is 54.1 Å². The molecular formula is C22H29N3O5S. The smallest absolute Gasteiger partial charge is 0.338 e. The van der Waals surface area contributed by atoms with E-state index in [2.05, 4.69) is 5.32 Å². The van der Waals surface area contributed by atoms with E-state index in [9.17, 15) is 18.0 Å². The zero-order valence-electron chi connectivity index (χ0n) is 18.5. The van der Waals surface area contributed by atoms with Crippen molar-refractivity contribution >= 4 is 33.3 Å². The summed E-state index contributed by atoms with van der Waals surface area (Å²) in [6.45, 7) is 5.58. The number of nitrogens with zero attached hydrogens (tertiary/aromatic N) is 2. The molecule has 8 nitrogen and oxygen atoms in total. The normalized spacial score (nSPS) is 12.3. The van der Waals surface area contributed by atoms with Crippen LogP contribution in [0.5, 0.6) is 0 Å². The topological polar surface area (TPSA) is 96.0 Å². The fourth-order valence-corrected chi connectivity index (χ4v) is 4.37. The number of sulfonamides is 1. The summed E-state index contributed by atoms with van der Waals surface area (Å²) < 4.78 is 31.9. The highest BCUT2D eigenvalue weighted by Gasteiger charge is 2.24. The van der Waals surface area contributed by atoms with Crippen molar-refractivity contribution in [2.45, 2.75) is 31.8 Å². The van der Waals surface area contributed by atoms with Gasteiger partial charge in [0.25, 0.3) is 5.91 Å². The Balaban J connectivity index is 2.08. The quantitative estimate of drug-likeness (QED) is 0.594. The Morgan fingerprint density at radius 3 is 2.19 bits per heavy atom. The lowest BCUT2D eigenvalue weighted by molar-refractivity contribution is -0.123. The molecule has 0 saturated heterocycles. The zero-order chi connectivity index (χ0) is 23.2. The first-order chi connectivity index (χ1) is 14.6. The number of rotatable bonds is 9. The number of benzene rings is 2. The number of carbonyl (C=O) groups is 2. The molecule has 1 atom stereocenters. The maximum Gasteiger partial charge on any atom is 0.338 e. The SMILES string of the molecule is CCN(CC)S(=O)(=O)c1cccc(C(=O)O[C@@H](C)C(=O)Nc2ccc(N(C)C)cc2)c1. The Morgan fingerprint density at radius 2 is 1.65 bits per heavy atom. The van der Waals surface area contributed by atoms with Crippen LogP contribution >= 0.6 is 0 Å². The molecule has 0 saturated carbocycles. The van der Waals surface area contributed by atoms with Crippen LogP contribution in [0.3, 0.4) is 0 Å². The fourth-order valence-electron chi connectivity index (χ4n) is 2.87. The lowest BCUT2D eigenvalue weighted by atomic mass is 10.2. The van der Waals surface area contributed by atoms with Gasteiger partial charge in [0.2, 0.25) is 10.0 Å².